The molecule has 1 aliphatic heterocycles. The van der Waals surface area contributed by atoms with Crippen LogP contribution in [0.2, 0.25) is 0 Å². The van der Waals surface area contributed by atoms with Crippen molar-refractivity contribution in [2.75, 3.05) is 13.2 Å². The van der Waals surface area contributed by atoms with Crippen molar-refractivity contribution >= 4 is 0 Å². The molecule has 0 aromatic heterocycles. The zero-order valence-electron chi connectivity index (χ0n) is 8.89. The van der Waals surface area contributed by atoms with Crippen LogP contribution in [0.3, 0.4) is 0 Å². The Hall–Kier alpha value is -1.10. The van der Waals surface area contributed by atoms with Crippen molar-refractivity contribution < 1.29 is 13.5 Å². The van der Waals surface area contributed by atoms with Gasteiger partial charge in [-0.3, -0.25) is 0 Å². The summed E-state index contributed by atoms with van der Waals surface area (Å²) in [5.41, 5.74) is 6.45. The number of hydrogen-bond acceptors (Lipinski definition) is 3. The van der Waals surface area contributed by atoms with Gasteiger partial charge in [0.25, 0.3) is 5.92 Å². The first-order valence-corrected chi connectivity index (χ1v) is 4.80. The highest BCUT2D eigenvalue weighted by molar-refractivity contribution is 5.25. The third-order valence-corrected chi connectivity index (χ3v) is 1.89. The number of halogens is 2. The van der Waals surface area contributed by atoms with Gasteiger partial charge in [-0.05, 0) is 13.0 Å². The number of nitrogens with one attached hydrogen (secondary N) is 1. The quantitative estimate of drug-likeness (QED) is 0.749. The summed E-state index contributed by atoms with van der Waals surface area (Å²) in [4.78, 5) is 0. The summed E-state index contributed by atoms with van der Waals surface area (Å²) in [6.07, 6.45) is 3.36. The SMILES string of the molecule is CC(N)C1=CC(OCC(C)(F)F)=CCN1. The van der Waals surface area contributed by atoms with Gasteiger partial charge in [-0.2, -0.15) is 0 Å². The third kappa shape index (κ3) is 4.29. The normalized spacial score (nSPS) is 18.7. The largest absolute Gasteiger partial charge is 0.488 e. The molecule has 1 unspecified atom stereocenters. The lowest BCUT2D eigenvalue weighted by molar-refractivity contribution is -0.0419. The molecule has 15 heavy (non-hydrogen) atoms. The second-order valence-electron chi connectivity index (χ2n) is 3.73. The molecule has 3 nitrogen and oxygen atoms in total. The third-order valence-electron chi connectivity index (χ3n) is 1.89. The predicted molar refractivity (Wildman–Crippen MR) is 54.4 cm³/mol. The van der Waals surface area contributed by atoms with Crippen LogP contribution in [-0.4, -0.2) is 25.1 Å². The maximum Gasteiger partial charge on any atom is 0.278 e. The standard InChI is InChI=1S/C10H16F2N2O/c1-7(13)9-5-8(3-4-14-9)15-6-10(2,11)12/h3,5,7,14H,4,6,13H2,1-2H3. The molecule has 0 amide bonds. The van der Waals surface area contributed by atoms with Gasteiger partial charge < -0.3 is 15.8 Å². The van der Waals surface area contributed by atoms with Crippen LogP contribution >= 0.6 is 0 Å². The summed E-state index contributed by atoms with van der Waals surface area (Å²) in [6.45, 7) is 2.58. The van der Waals surface area contributed by atoms with E-state index in [4.69, 9.17) is 10.5 Å². The molecule has 0 aromatic rings. The van der Waals surface area contributed by atoms with E-state index in [2.05, 4.69) is 5.32 Å². The predicted octanol–water partition coefficient (Wildman–Crippen LogP) is 1.38. The first-order valence-electron chi connectivity index (χ1n) is 4.80. The molecule has 0 aromatic carbocycles. The van der Waals surface area contributed by atoms with E-state index in [9.17, 15) is 8.78 Å². The number of nitrogens with two attached hydrogens (primary N) is 1. The summed E-state index contributed by atoms with van der Waals surface area (Å²) in [6, 6.07) is -0.153. The molecule has 0 saturated heterocycles. The van der Waals surface area contributed by atoms with Crippen LogP contribution in [0.1, 0.15) is 13.8 Å². The van der Waals surface area contributed by atoms with Gasteiger partial charge in [-0.1, -0.05) is 0 Å². The van der Waals surface area contributed by atoms with Crippen molar-refractivity contribution in [1.29, 1.82) is 0 Å². The Bertz CT molecular complexity index is 280. The molecule has 1 aliphatic rings. The second-order valence-corrected chi connectivity index (χ2v) is 3.73. The van der Waals surface area contributed by atoms with E-state index in [1.54, 1.807) is 12.2 Å². The van der Waals surface area contributed by atoms with Gasteiger partial charge in [-0.25, -0.2) is 8.78 Å². The van der Waals surface area contributed by atoms with Gasteiger partial charge in [-0.15, -0.1) is 0 Å². The number of allylic oxidation sites excluding steroid dienone is 1. The molecule has 5 heteroatoms. The average molecular weight is 218 g/mol. The monoisotopic (exact) mass is 218 g/mol. The zero-order chi connectivity index (χ0) is 11.5. The number of hydrogen-bond donors (Lipinski definition) is 2. The van der Waals surface area contributed by atoms with Crippen molar-refractivity contribution in [2.24, 2.45) is 5.73 Å². The first kappa shape index (κ1) is 12.0. The van der Waals surface area contributed by atoms with E-state index in [-0.39, 0.29) is 6.04 Å². The summed E-state index contributed by atoms with van der Waals surface area (Å²) in [7, 11) is 0. The van der Waals surface area contributed by atoms with Crippen molar-refractivity contribution in [3.05, 3.63) is 23.6 Å². The summed E-state index contributed by atoms with van der Waals surface area (Å²) in [5, 5.41) is 3.04. The Morgan fingerprint density at radius 3 is 2.87 bits per heavy atom. The minimum atomic E-state index is -2.81. The fraction of sp³-hybridized carbons (Fsp3) is 0.600. The van der Waals surface area contributed by atoms with Gasteiger partial charge in [0.15, 0.2) is 6.61 Å². The molecule has 1 atom stereocenters. The number of ether oxygens (including phenoxy) is 1. The van der Waals surface area contributed by atoms with E-state index >= 15 is 0 Å². The van der Waals surface area contributed by atoms with Crippen molar-refractivity contribution in [3.63, 3.8) is 0 Å². The second kappa shape index (κ2) is 4.61. The van der Waals surface area contributed by atoms with E-state index in [0.29, 0.717) is 12.3 Å². The summed E-state index contributed by atoms with van der Waals surface area (Å²) in [5.74, 6) is -2.36. The van der Waals surface area contributed by atoms with Gasteiger partial charge >= 0.3 is 0 Å². The highest BCUT2D eigenvalue weighted by Crippen LogP contribution is 2.16. The molecular formula is C10H16F2N2O. The van der Waals surface area contributed by atoms with Crippen LogP contribution < -0.4 is 11.1 Å². The number of alkyl halides is 2. The highest BCUT2D eigenvalue weighted by atomic mass is 19.3. The van der Waals surface area contributed by atoms with E-state index in [0.717, 1.165) is 12.6 Å². The maximum atomic E-state index is 12.5. The topological polar surface area (TPSA) is 47.3 Å². The molecule has 0 aliphatic carbocycles. The molecule has 1 rings (SSSR count). The van der Waals surface area contributed by atoms with Crippen molar-refractivity contribution in [2.45, 2.75) is 25.8 Å². The molecular weight excluding hydrogens is 202 g/mol. The van der Waals surface area contributed by atoms with Gasteiger partial charge in [0.05, 0.1) is 0 Å². The van der Waals surface area contributed by atoms with Crippen LogP contribution in [0, 0.1) is 0 Å². The molecule has 0 bridgehead atoms. The Morgan fingerprint density at radius 1 is 1.67 bits per heavy atom. The zero-order valence-corrected chi connectivity index (χ0v) is 8.89. The molecule has 0 fully saturated rings. The molecule has 0 saturated carbocycles. The fourth-order valence-electron chi connectivity index (χ4n) is 1.14. The van der Waals surface area contributed by atoms with Gasteiger partial charge in [0.1, 0.15) is 5.76 Å². The Labute approximate surface area is 88.0 Å². The van der Waals surface area contributed by atoms with E-state index < -0.39 is 12.5 Å². The van der Waals surface area contributed by atoms with Crippen LogP contribution in [0.4, 0.5) is 8.78 Å². The van der Waals surface area contributed by atoms with Crippen LogP contribution in [-0.2, 0) is 4.74 Å². The summed E-state index contributed by atoms with van der Waals surface area (Å²) >= 11 is 0. The Kier molecular flexibility index (Phi) is 3.68. The lowest BCUT2D eigenvalue weighted by atomic mass is 10.2. The average Bonchev–Trinajstić information content (AvgIpc) is 2.14. The smallest absolute Gasteiger partial charge is 0.278 e. The first-order chi connectivity index (χ1) is 6.88. The fourth-order valence-corrected chi connectivity index (χ4v) is 1.14. The minimum absolute atomic E-state index is 0.153. The Balaban J connectivity index is 2.53. The lowest BCUT2D eigenvalue weighted by Gasteiger charge is -2.20. The molecule has 86 valence electrons. The molecule has 1 heterocycles. The molecule has 0 spiro atoms. The van der Waals surface area contributed by atoms with Gasteiger partial charge in [0.2, 0.25) is 0 Å². The van der Waals surface area contributed by atoms with Crippen molar-refractivity contribution in [1.82, 2.24) is 5.32 Å². The van der Waals surface area contributed by atoms with Crippen LogP contribution in [0.15, 0.2) is 23.6 Å². The number of dihydropyridines is 1. The Morgan fingerprint density at radius 2 is 2.33 bits per heavy atom. The molecule has 0 radical (unpaired) electrons. The van der Waals surface area contributed by atoms with E-state index in [1.807, 2.05) is 6.92 Å². The summed E-state index contributed by atoms with van der Waals surface area (Å²) < 4.78 is 30.0. The maximum absolute atomic E-state index is 12.5. The number of rotatable bonds is 4. The molecule has 3 N–H and O–H groups in total. The highest BCUT2D eigenvalue weighted by Gasteiger charge is 2.22. The van der Waals surface area contributed by atoms with E-state index in [1.165, 1.54) is 0 Å². The lowest BCUT2D eigenvalue weighted by Crippen LogP contribution is -2.31. The van der Waals surface area contributed by atoms with Gasteiger partial charge in [0, 0.05) is 31.3 Å². The minimum Gasteiger partial charge on any atom is -0.488 e. The van der Waals surface area contributed by atoms with Crippen molar-refractivity contribution in [3.8, 4) is 0 Å². The van der Waals surface area contributed by atoms with Crippen LogP contribution in [0.25, 0.3) is 0 Å². The van der Waals surface area contributed by atoms with Crippen LogP contribution in [0.5, 0.6) is 0 Å².